The number of thioether (sulfide) groups is 1. The van der Waals surface area contributed by atoms with Gasteiger partial charge in [-0.25, -0.2) is 4.63 Å². The van der Waals surface area contributed by atoms with Crippen LogP contribution in [0, 0.1) is 0 Å². The molecule has 0 saturated carbocycles. The van der Waals surface area contributed by atoms with Crippen LogP contribution in [0.1, 0.15) is 11.3 Å². The summed E-state index contributed by atoms with van der Waals surface area (Å²) < 4.78 is 4.42. The largest absolute Gasteiger partial charge is 0.380 e. The molecule has 0 unspecified atom stereocenters. The van der Waals surface area contributed by atoms with Gasteiger partial charge < -0.3 is 11.5 Å². The lowest BCUT2D eigenvalue weighted by molar-refractivity contribution is 0.308. The number of hydrogen-bond donors (Lipinski definition) is 2. The molecule has 0 aliphatic rings. The molecule has 7 nitrogen and oxygen atoms in total. The molecular formula is C11H12N6OS. The number of amidine groups is 1. The first-order chi connectivity index (χ1) is 9.20. The van der Waals surface area contributed by atoms with Gasteiger partial charge in [0.05, 0.1) is 6.21 Å². The molecule has 0 aliphatic heterocycles. The Labute approximate surface area is 113 Å². The van der Waals surface area contributed by atoms with Gasteiger partial charge in [-0.3, -0.25) is 0 Å². The lowest BCUT2D eigenvalue weighted by Gasteiger charge is -1.95. The molecule has 1 aromatic carbocycles. The molecule has 8 heteroatoms. The van der Waals surface area contributed by atoms with Gasteiger partial charge in [-0.1, -0.05) is 12.1 Å². The zero-order chi connectivity index (χ0) is 13.7. The van der Waals surface area contributed by atoms with E-state index < -0.39 is 0 Å². The van der Waals surface area contributed by atoms with Gasteiger partial charge in [-0.2, -0.15) is 5.10 Å². The molecule has 0 radical (unpaired) electrons. The predicted octanol–water partition coefficient (Wildman–Crippen LogP) is 1.11. The number of nitrogens with zero attached hydrogens (tertiary/aromatic N) is 4. The summed E-state index contributed by atoms with van der Waals surface area (Å²) in [7, 11) is 0. The van der Waals surface area contributed by atoms with Gasteiger partial charge in [0, 0.05) is 4.90 Å². The molecule has 0 saturated heterocycles. The molecule has 0 atom stereocenters. The van der Waals surface area contributed by atoms with E-state index in [0.29, 0.717) is 0 Å². The van der Waals surface area contributed by atoms with E-state index >= 15 is 0 Å². The van der Waals surface area contributed by atoms with Gasteiger partial charge in [-0.05, 0) is 34.3 Å². The quantitative estimate of drug-likeness (QED) is 0.374. The first-order valence-corrected chi connectivity index (χ1v) is 6.52. The van der Waals surface area contributed by atoms with Crippen molar-refractivity contribution in [3.8, 4) is 0 Å². The van der Waals surface area contributed by atoms with Crippen molar-refractivity contribution < 1.29 is 4.63 Å². The number of anilines is 1. The Morgan fingerprint density at radius 2 is 2.05 bits per heavy atom. The SMILES string of the molecule is CSc1ccc(C=NN=C(N)c2nonc2N)cc1. The van der Waals surface area contributed by atoms with Gasteiger partial charge in [0.2, 0.25) is 0 Å². The second-order valence-corrected chi connectivity index (χ2v) is 4.38. The summed E-state index contributed by atoms with van der Waals surface area (Å²) in [6.45, 7) is 0. The fourth-order valence-corrected chi connectivity index (χ4v) is 1.68. The summed E-state index contributed by atoms with van der Waals surface area (Å²) in [5.74, 6) is 0.136. The summed E-state index contributed by atoms with van der Waals surface area (Å²) in [5.41, 5.74) is 12.2. The third-order valence-electron chi connectivity index (χ3n) is 2.24. The van der Waals surface area contributed by atoms with Crippen molar-refractivity contribution in [2.75, 3.05) is 12.0 Å². The van der Waals surface area contributed by atoms with Crippen molar-refractivity contribution in [3.05, 3.63) is 35.5 Å². The lowest BCUT2D eigenvalue weighted by atomic mass is 10.2. The van der Waals surface area contributed by atoms with Crippen LogP contribution >= 0.6 is 11.8 Å². The molecule has 1 heterocycles. The maximum atomic E-state index is 5.64. The third-order valence-corrected chi connectivity index (χ3v) is 2.99. The highest BCUT2D eigenvalue weighted by Gasteiger charge is 2.09. The third kappa shape index (κ3) is 3.32. The zero-order valence-electron chi connectivity index (χ0n) is 10.1. The van der Waals surface area contributed by atoms with Gasteiger partial charge in [-0.15, -0.1) is 16.9 Å². The van der Waals surface area contributed by atoms with E-state index in [2.05, 4.69) is 25.1 Å². The maximum Gasteiger partial charge on any atom is 0.199 e. The van der Waals surface area contributed by atoms with Crippen LogP contribution in [0.4, 0.5) is 5.82 Å². The van der Waals surface area contributed by atoms with E-state index in [4.69, 9.17) is 11.5 Å². The Kier molecular flexibility index (Phi) is 4.14. The summed E-state index contributed by atoms with van der Waals surface area (Å²) in [5, 5.41) is 14.6. The van der Waals surface area contributed by atoms with Crippen LogP contribution in [0.2, 0.25) is 0 Å². The Morgan fingerprint density at radius 3 is 2.63 bits per heavy atom. The molecule has 1 aromatic heterocycles. The van der Waals surface area contributed by atoms with Crippen LogP contribution in [0.15, 0.2) is 44.0 Å². The first kappa shape index (κ1) is 13.1. The van der Waals surface area contributed by atoms with Crippen molar-refractivity contribution in [1.29, 1.82) is 0 Å². The highest BCUT2D eigenvalue weighted by molar-refractivity contribution is 7.98. The van der Waals surface area contributed by atoms with E-state index in [1.165, 1.54) is 4.90 Å². The normalized spacial score (nSPS) is 12.2. The van der Waals surface area contributed by atoms with Crippen molar-refractivity contribution in [3.63, 3.8) is 0 Å². The lowest BCUT2D eigenvalue weighted by Crippen LogP contribution is -2.15. The standard InChI is InChI=1S/C11H12N6OS/c1-19-8-4-2-7(3-5-8)6-14-15-10(12)9-11(13)17-18-16-9/h2-6H,1H3,(H2,12,15)(H2,13,17). The second-order valence-electron chi connectivity index (χ2n) is 3.50. The summed E-state index contributed by atoms with van der Waals surface area (Å²) >= 11 is 1.67. The molecule has 2 rings (SSSR count). The number of benzene rings is 1. The predicted molar refractivity (Wildman–Crippen MR) is 75.3 cm³/mol. The zero-order valence-corrected chi connectivity index (χ0v) is 11.0. The van der Waals surface area contributed by atoms with Crippen LogP contribution in [-0.4, -0.2) is 28.6 Å². The smallest absolute Gasteiger partial charge is 0.199 e. The van der Waals surface area contributed by atoms with Crippen molar-refractivity contribution >= 4 is 29.6 Å². The fourth-order valence-electron chi connectivity index (χ4n) is 1.27. The van der Waals surface area contributed by atoms with Crippen molar-refractivity contribution in [1.82, 2.24) is 10.3 Å². The van der Waals surface area contributed by atoms with Crippen LogP contribution in [0.25, 0.3) is 0 Å². The fraction of sp³-hybridized carbons (Fsp3) is 0.0909. The number of aromatic nitrogens is 2. The van der Waals surface area contributed by atoms with E-state index in [9.17, 15) is 0 Å². The Balaban J connectivity index is 2.08. The van der Waals surface area contributed by atoms with Crippen molar-refractivity contribution in [2.24, 2.45) is 15.9 Å². The van der Waals surface area contributed by atoms with E-state index in [0.717, 1.165) is 5.56 Å². The van der Waals surface area contributed by atoms with Gasteiger partial charge in [0.15, 0.2) is 17.3 Å². The molecule has 98 valence electrons. The number of nitrogens with two attached hydrogens (primary N) is 2. The van der Waals surface area contributed by atoms with Crippen LogP contribution < -0.4 is 11.5 Å². The Morgan fingerprint density at radius 1 is 1.32 bits per heavy atom. The average Bonchev–Trinajstić information content (AvgIpc) is 2.86. The number of rotatable bonds is 4. The molecule has 0 bridgehead atoms. The summed E-state index contributed by atoms with van der Waals surface area (Å²) in [4.78, 5) is 1.18. The topological polar surface area (TPSA) is 116 Å². The highest BCUT2D eigenvalue weighted by Crippen LogP contribution is 2.13. The van der Waals surface area contributed by atoms with E-state index in [1.807, 2.05) is 30.5 Å². The molecule has 4 N–H and O–H groups in total. The Bertz CT molecular complexity index is 604. The highest BCUT2D eigenvalue weighted by atomic mass is 32.2. The molecular weight excluding hydrogens is 264 g/mol. The van der Waals surface area contributed by atoms with Crippen molar-refractivity contribution in [2.45, 2.75) is 4.90 Å². The average molecular weight is 276 g/mol. The Hall–Kier alpha value is -2.35. The summed E-state index contributed by atoms with van der Waals surface area (Å²) in [6, 6.07) is 7.87. The van der Waals surface area contributed by atoms with Gasteiger partial charge in [0.25, 0.3) is 0 Å². The van der Waals surface area contributed by atoms with E-state index in [-0.39, 0.29) is 17.3 Å². The number of nitrogen functional groups attached to an aromatic ring is 1. The molecule has 19 heavy (non-hydrogen) atoms. The summed E-state index contributed by atoms with van der Waals surface area (Å²) in [6.07, 6.45) is 3.60. The van der Waals surface area contributed by atoms with E-state index in [1.54, 1.807) is 18.0 Å². The molecule has 0 spiro atoms. The van der Waals surface area contributed by atoms with Crippen LogP contribution in [0.3, 0.4) is 0 Å². The molecule has 0 amide bonds. The monoisotopic (exact) mass is 276 g/mol. The minimum Gasteiger partial charge on any atom is -0.380 e. The van der Waals surface area contributed by atoms with Gasteiger partial charge >= 0.3 is 0 Å². The van der Waals surface area contributed by atoms with Crippen LogP contribution in [0.5, 0.6) is 0 Å². The maximum absolute atomic E-state index is 5.64. The number of hydrogen-bond acceptors (Lipinski definition) is 7. The first-order valence-electron chi connectivity index (χ1n) is 5.29. The second kappa shape index (κ2) is 6.01. The van der Waals surface area contributed by atoms with Crippen LogP contribution in [-0.2, 0) is 0 Å². The molecule has 0 fully saturated rings. The molecule has 2 aromatic rings. The minimum atomic E-state index is 0.0516. The molecule has 0 aliphatic carbocycles. The van der Waals surface area contributed by atoms with Gasteiger partial charge in [0.1, 0.15) is 0 Å². The minimum absolute atomic E-state index is 0.0516.